The lowest BCUT2D eigenvalue weighted by atomic mass is 9.96. The molecule has 0 aromatic rings. The molecule has 0 bridgehead atoms. The van der Waals surface area contributed by atoms with Crippen LogP contribution in [0.1, 0.15) is 46.0 Å². The smallest absolute Gasteiger partial charge is 0.329 e. The van der Waals surface area contributed by atoms with Gasteiger partial charge in [-0.15, -0.1) is 0 Å². The molecule has 0 aromatic carbocycles. The van der Waals surface area contributed by atoms with Crippen LogP contribution in [0.2, 0.25) is 0 Å². The van der Waals surface area contributed by atoms with Crippen molar-refractivity contribution in [2.45, 2.75) is 52.0 Å². The standard InChI is InChI=1S/C16H31N5O2/c1-3-19(4-2)16(23)20-10-12-21(13-11-20)18-15(22)17-14-8-6-5-7-9-14/h14H,3-13H2,1-2H3,(H2,17,18,22). The van der Waals surface area contributed by atoms with Crippen molar-refractivity contribution in [3.63, 3.8) is 0 Å². The van der Waals surface area contributed by atoms with Crippen LogP contribution in [0.25, 0.3) is 0 Å². The molecule has 23 heavy (non-hydrogen) atoms. The molecule has 7 heteroatoms. The van der Waals surface area contributed by atoms with Crippen LogP contribution >= 0.6 is 0 Å². The SMILES string of the molecule is CCN(CC)C(=O)N1CCN(NC(=O)NC2CCCCC2)CC1. The monoisotopic (exact) mass is 325 g/mol. The van der Waals surface area contributed by atoms with Gasteiger partial charge in [0.2, 0.25) is 0 Å². The molecule has 1 aliphatic carbocycles. The number of hydrogen-bond donors (Lipinski definition) is 2. The van der Waals surface area contributed by atoms with Gasteiger partial charge >= 0.3 is 12.1 Å². The highest BCUT2D eigenvalue weighted by Crippen LogP contribution is 2.17. The Morgan fingerprint density at radius 2 is 1.61 bits per heavy atom. The van der Waals surface area contributed by atoms with Gasteiger partial charge in [-0.1, -0.05) is 19.3 Å². The summed E-state index contributed by atoms with van der Waals surface area (Å²) in [5, 5.41) is 4.96. The van der Waals surface area contributed by atoms with E-state index in [4.69, 9.17) is 0 Å². The Labute approximate surface area is 139 Å². The summed E-state index contributed by atoms with van der Waals surface area (Å²) in [4.78, 5) is 28.0. The van der Waals surface area contributed by atoms with Crippen LogP contribution in [0.5, 0.6) is 0 Å². The molecule has 0 radical (unpaired) electrons. The van der Waals surface area contributed by atoms with E-state index >= 15 is 0 Å². The van der Waals surface area contributed by atoms with Crippen molar-refractivity contribution >= 4 is 12.1 Å². The summed E-state index contributed by atoms with van der Waals surface area (Å²) in [7, 11) is 0. The van der Waals surface area contributed by atoms with Gasteiger partial charge in [-0.05, 0) is 26.7 Å². The number of carbonyl (C=O) groups is 2. The molecule has 1 saturated carbocycles. The first-order valence-corrected chi connectivity index (χ1v) is 9.00. The van der Waals surface area contributed by atoms with Crippen molar-refractivity contribution < 1.29 is 9.59 Å². The van der Waals surface area contributed by atoms with Crippen molar-refractivity contribution in [3.8, 4) is 0 Å². The fourth-order valence-electron chi connectivity index (χ4n) is 3.31. The number of piperazine rings is 1. The molecule has 7 nitrogen and oxygen atoms in total. The van der Waals surface area contributed by atoms with Crippen molar-refractivity contribution in [3.05, 3.63) is 0 Å². The fourth-order valence-corrected chi connectivity index (χ4v) is 3.31. The molecule has 2 rings (SSSR count). The molecule has 2 N–H and O–H groups in total. The minimum Gasteiger partial charge on any atom is -0.334 e. The van der Waals surface area contributed by atoms with E-state index < -0.39 is 0 Å². The first kappa shape index (κ1) is 17.8. The Balaban J connectivity index is 1.69. The second-order valence-corrected chi connectivity index (χ2v) is 6.35. The highest BCUT2D eigenvalue weighted by molar-refractivity contribution is 5.75. The second kappa shape index (κ2) is 8.96. The van der Waals surface area contributed by atoms with Crippen LogP contribution in [0.4, 0.5) is 9.59 Å². The van der Waals surface area contributed by atoms with Gasteiger partial charge in [0, 0.05) is 45.3 Å². The number of nitrogens with one attached hydrogen (secondary N) is 2. The molecule has 2 aliphatic rings. The lowest BCUT2D eigenvalue weighted by Crippen LogP contribution is -2.59. The predicted molar refractivity (Wildman–Crippen MR) is 90.0 cm³/mol. The second-order valence-electron chi connectivity index (χ2n) is 6.35. The summed E-state index contributed by atoms with van der Waals surface area (Å²) in [6, 6.07) is 0.302. The maximum Gasteiger partial charge on any atom is 0.329 e. The van der Waals surface area contributed by atoms with E-state index in [1.54, 1.807) is 0 Å². The quantitative estimate of drug-likeness (QED) is 0.825. The summed E-state index contributed by atoms with van der Waals surface area (Å²) < 4.78 is 0. The number of urea groups is 2. The minimum atomic E-state index is -0.111. The third-order valence-corrected chi connectivity index (χ3v) is 4.78. The van der Waals surface area contributed by atoms with E-state index in [1.165, 1.54) is 19.3 Å². The average Bonchev–Trinajstić information content (AvgIpc) is 2.57. The van der Waals surface area contributed by atoms with Crippen molar-refractivity contribution in [2.75, 3.05) is 39.3 Å². The zero-order valence-electron chi connectivity index (χ0n) is 14.5. The number of amides is 4. The van der Waals surface area contributed by atoms with Gasteiger partial charge in [-0.25, -0.2) is 14.6 Å². The fraction of sp³-hybridized carbons (Fsp3) is 0.875. The summed E-state index contributed by atoms with van der Waals surface area (Å²) in [6.45, 7) is 8.10. The Bertz CT molecular complexity index is 386. The molecule has 0 spiro atoms. The van der Waals surface area contributed by atoms with Crippen LogP contribution < -0.4 is 10.7 Å². The van der Waals surface area contributed by atoms with Crippen molar-refractivity contribution in [1.82, 2.24) is 25.6 Å². The zero-order chi connectivity index (χ0) is 16.7. The Hall–Kier alpha value is -1.50. The van der Waals surface area contributed by atoms with Gasteiger partial charge in [0.1, 0.15) is 0 Å². The van der Waals surface area contributed by atoms with E-state index in [-0.39, 0.29) is 12.1 Å². The Kier molecular flexibility index (Phi) is 6.95. The Morgan fingerprint density at radius 3 is 2.17 bits per heavy atom. The minimum absolute atomic E-state index is 0.0984. The first-order chi connectivity index (χ1) is 11.1. The lowest BCUT2D eigenvalue weighted by molar-refractivity contribution is 0.0933. The molecule has 1 saturated heterocycles. The van der Waals surface area contributed by atoms with Crippen LogP contribution in [0, 0.1) is 0 Å². The third kappa shape index (κ3) is 5.27. The first-order valence-electron chi connectivity index (χ1n) is 9.00. The summed E-state index contributed by atoms with van der Waals surface area (Å²) in [6.07, 6.45) is 5.86. The predicted octanol–water partition coefficient (Wildman–Crippen LogP) is 1.61. The molecule has 1 aliphatic heterocycles. The largest absolute Gasteiger partial charge is 0.334 e. The van der Waals surface area contributed by atoms with Crippen molar-refractivity contribution in [2.24, 2.45) is 0 Å². The van der Waals surface area contributed by atoms with E-state index in [9.17, 15) is 9.59 Å². The summed E-state index contributed by atoms with van der Waals surface area (Å²) in [5.41, 5.74) is 2.91. The van der Waals surface area contributed by atoms with Gasteiger partial charge in [0.25, 0.3) is 0 Å². The summed E-state index contributed by atoms with van der Waals surface area (Å²) in [5.74, 6) is 0. The van der Waals surface area contributed by atoms with Crippen LogP contribution in [0.15, 0.2) is 0 Å². The molecule has 0 aromatic heterocycles. The van der Waals surface area contributed by atoms with E-state index in [2.05, 4.69) is 10.7 Å². The number of hydrogen-bond acceptors (Lipinski definition) is 3. The lowest BCUT2D eigenvalue weighted by Gasteiger charge is -2.37. The zero-order valence-corrected chi connectivity index (χ0v) is 14.5. The molecule has 0 atom stereocenters. The molecule has 132 valence electrons. The highest BCUT2D eigenvalue weighted by atomic mass is 16.2. The summed E-state index contributed by atoms with van der Waals surface area (Å²) >= 11 is 0. The van der Waals surface area contributed by atoms with E-state index in [0.717, 1.165) is 25.9 Å². The topological polar surface area (TPSA) is 67.9 Å². The van der Waals surface area contributed by atoms with Crippen LogP contribution in [-0.4, -0.2) is 72.2 Å². The average molecular weight is 325 g/mol. The highest BCUT2D eigenvalue weighted by Gasteiger charge is 2.25. The molecule has 2 fully saturated rings. The molecule has 4 amide bonds. The van der Waals surface area contributed by atoms with Gasteiger partial charge in [-0.2, -0.15) is 0 Å². The van der Waals surface area contributed by atoms with Gasteiger partial charge < -0.3 is 15.1 Å². The molecule has 1 heterocycles. The maximum absolute atomic E-state index is 12.3. The number of nitrogens with zero attached hydrogens (tertiary/aromatic N) is 3. The van der Waals surface area contributed by atoms with E-state index in [1.807, 2.05) is 28.7 Å². The van der Waals surface area contributed by atoms with Gasteiger partial charge in [-0.3, -0.25) is 5.43 Å². The maximum atomic E-state index is 12.3. The number of hydrazine groups is 1. The van der Waals surface area contributed by atoms with Crippen LogP contribution in [-0.2, 0) is 0 Å². The number of rotatable bonds is 4. The van der Waals surface area contributed by atoms with Gasteiger partial charge in [0.15, 0.2) is 0 Å². The number of carbonyl (C=O) groups excluding carboxylic acids is 2. The van der Waals surface area contributed by atoms with Crippen molar-refractivity contribution in [1.29, 1.82) is 0 Å². The van der Waals surface area contributed by atoms with Gasteiger partial charge in [0.05, 0.1) is 0 Å². The molecular weight excluding hydrogens is 294 g/mol. The Morgan fingerprint density at radius 1 is 1.00 bits per heavy atom. The third-order valence-electron chi connectivity index (χ3n) is 4.78. The van der Waals surface area contributed by atoms with Crippen LogP contribution in [0.3, 0.4) is 0 Å². The molecular formula is C16H31N5O2. The normalized spacial score (nSPS) is 20.2. The van der Waals surface area contributed by atoms with E-state index in [0.29, 0.717) is 32.2 Å². The molecule has 0 unspecified atom stereocenters.